The number of sulfone groups is 1. The van der Waals surface area contributed by atoms with Crippen LogP contribution in [0.1, 0.15) is 34.5 Å². The molecule has 12 heteroatoms. The van der Waals surface area contributed by atoms with E-state index in [0.29, 0.717) is 27.6 Å². The number of hydrogen-bond acceptors (Lipinski definition) is 7. The fraction of sp³-hybridized carbons (Fsp3) is 0.185. The molecule has 0 radical (unpaired) electrons. The van der Waals surface area contributed by atoms with Gasteiger partial charge in [0.15, 0.2) is 9.84 Å². The summed E-state index contributed by atoms with van der Waals surface area (Å²) in [4.78, 5) is 17.4. The third kappa shape index (κ3) is 6.83. The van der Waals surface area contributed by atoms with Gasteiger partial charge in [-0.1, -0.05) is 31.2 Å². The van der Waals surface area contributed by atoms with Crippen LogP contribution in [0.4, 0.5) is 24.7 Å². The Morgan fingerprint density at radius 1 is 1.00 bits per heavy atom. The van der Waals surface area contributed by atoms with Crippen LogP contribution in [0.3, 0.4) is 0 Å². The molecule has 1 heterocycles. The highest BCUT2D eigenvalue weighted by atomic mass is 32.2. The maximum absolute atomic E-state index is 12.8. The summed E-state index contributed by atoms with van der Waals surface area (Å²) in [5, 5.41) is 17.9. The average Bonchev–Trinajstić information content (AvgIpc) is 3.40. The van der Waals surface area contributed by atoms with Crippen LogP contribution in [-0.4, -0.2) is 36.8 Å². The zero-order chi connectivity index (χ0) is 28.2. The van der Waals surface area contributed by atoms with Crippen LogP contribution in [0, 0.1) is 0 Å². The summed E-state index contributed by atoms with van der Waals surface area (Å²) in [5.41, 5.74) is 1.38. The summed E-state index contributed by atoms with van der Waals surface area (Å²) in [6.45, 7) is 1.18. The van der Waals surface area contributed by atoms with E-state index in [4.69, 9.17) is 0 Å². The van der Waals surface area contributed by atoms with Gasteiger partial charge < -0.3 is 15.7 Å². The van der Waals surface area contributed by atoms with E-state index in [-0.39, 0.29) is 17.3 Å². The highest BCUT2D eigenvalue weighted by Gasteiger charge is 2.30. The Bertz CT molecular complexity index is 1540. The van der Waals surface area contributed by atoms with Crippen LogP contribution in [0.2, 0.25) is 0 Å². The minimum Gasteiger partial charge on any atom is -0.394 e. The van der Waals surface area contributed by atoms with Crippen LogP contribution >= 0.6 is 11.3 Å². The average molecular weight is 576 g/mol. The van der Waals surface area contributed by atoms with Crippen molar-refractivity contribution in [1.82, 2.24) is 10.3 Å². The number of nitrogens with one attached hydrogen (secondary N) is 2. The van der Waals surface area contributed by atoms with Crippen molar-refractivity contribution in [2.24, 2.45) is 0 Å². The molecule has 0 fully saturated rings. The van der Waals surface area contributed by atoms with Gasteiger partial charge in [-0.2, -0.15) is 13.2 Å². The number of nitrogens with zero attached hydrogens (tertiary/aromatic N) is 1. The SMILES string of the molecule is CCS(=O)(=O)c1ccc(C(CO)NC(=O)c2ccc(-c3nc(Nc4ccc(C(F)(F)F)cc4)cs3)cc2)cc1. The number of aromatic nitrogens is 1. The molecule has 0 aliphatic carbocycles. The molecule has 39 heavy (non-hydrogen) atoms. The van der Waals surface area contributed by atoms with Gasteiger partial charge in [0, 0.05) is 22.2 Å². The molecule has 3 aromatic carbocycles. The number of carbonyl (C=O) groups is 1. The molecule has 1 aromatic heterocycles. The number of carbonyl (C=O) groups excluding carboxylic acids is 1. The highest BCUT2D eigenvalue weighted by Crippen LogP contribution is 2.31. The van der Waals surface area contributed by atoms with Gasteiger partial charge in [0.2, 0.25) is 0 Å². The molecule has 0 bridgehead atoms. The minimum atomic E-state index is -4.40. The zero-order valence-corrected chi connectivity index (χ0v) is 22.2. The van der Waals surface area contributed by atoms with Gasteiger partial charge in [-0.05, 0) is 54.1 Å². The molecular formula is C27H24F3N3O4S2. The van der Waals surface area contributed by atoms with Crippen LogP contribution in [0.5, 0.6) is 0 Å². The van der Waals surface area contributed by atoms with Crippen LogP contribution in [0.25, 0.3) is 10.6 Å². The lowest BCUT2D eigenvalue weighted by Crippen LogP contribution is -2.30. The first-order chi connectivity index (χ1) is 18.5. The van der Waals surface area contributed by atoms with E-state index < -0.39 is 33.5 Å². The van der Waals surface area contributed by atoms with Gasteiger partial charge in [0.05, 0.1) is 28.9 Å². The normalized spacial score (nSPS) is 12.6. The van der Waals surface area contributed by atoms with E-state index in [1.54, 1.807) is 48.7 Å². The summed E-state index contributed by atoms with van der Waals surface area (Å²) >= 11 is 1.33. The largest absolute Gasteiger partial charge is 0.416 e. The number of aliphatic hydroxyl groups excluding tert-OH is 1. The smallest absolute Gasteiger partial charge is 0.394 e. The first-order valence-electron chi connectivity index (χ1n) is 11.7. The first-order valence-corrected chi connectivity index (χ1v) is 14.3. The van der Waals surface area contributed by atoms with Gasteiger partial charge in [0.1, 0.15) is 10.8 Å². The van der Waals surface area contributed by atoms with E-state index in [9.17, 15) is 31.5 Å². The Hall–Kier alpha value is -3.74. The van der Waals surface area contributed by atoms with Crippen molar-refractivity contribution >= 4 is 38.6 Å². The fourth-order valence-electron chi connectivity index (χ4n) is 3.67. The number of anilines is 2. The topological polar surface area (TPSA) is 108 Å². The molecule has 1 atom stereocenters. The predicted octanol–water partition coefficient (Wildman–Crippen LogP) is 5.83. The Morgan fingerprint density at radius 3 is 2.21 bits per heavy atom. The number of hydrogen-bond donors (Lipinski definition) is 3. The quantitative estimate of drug-likeness (QED) is 0.232. The van der Waals surface area contributed by atoms with E-state index in [0.717, 1.165) is 17.7 Å². The number of halogens is 3. The van der Waals surface area contributed by atoms with E-state index in [2.05, 4.69) is 15.6 Å². The molecule has 0 aliphatic rings. The Kier molecular flexibility index (Phi) is 8.38. The van der Waals surface area contributed by atoms with Crippen molar-refractivity contribution in [3.63, 3.8) is 0 Å². The van der Waals surface area contributed by atoms with Crippen LogP contribution in [-0.2, 0) is 16.0 Å². The maximum Gasteiger partial charge on any atom is 0.416 e. The van der Waals surface area contributed by atoms with Crippen LogP contribution < -0.4 is 10.6 Å². The van der Waals surface area contributed by atoms with Crippen molar-refractivity contribution < 1.29 is 31.5 Å². The third-order valence-electron chi connectivity index (χ3n) is 5.89. The second kappa shape index (κ2) is 11.6. The number of aliphatic hydroxyl groups is 1. The maximum atomic E-state index is 12.8. The molecule has 204 valence electrons. The number of alkyl halides is 3. The number of amides is 1. The molecule has 4 aromatic rings. The third-order valence-corrected chi connectivity index (χ3v) is 8.53. The van der Waals surface area contributed by atoms with Crippen LogP contribution in [0.15, 0.2) is 83.1 Å². The number of benzene rings is 3. The van der Waals surface area contributed by atoms with Gasteiger partial charge >= 0.3 is 6.18 Å². The first kappa shape index (κ1) is 28.3. The molecule has 0 saturated heterocycles. The van der Waals surface area contributed by atoms with Gasteiger partial charge in [-0.15, -0.1) is 11.3 Å². The highest BCUT2D eigenvalue weighted by molar-refractivity contribution is 7.91. The molecular weight excluding hydrogens is 551 g/mol. The van der Waals surface area contributed by atoms with Crippen molar-refractivity contribution in [2.75, 3.05) is 17.7 Å². The summed E-state index contributed by atoms with van der Waals surface area (Å²) in [5.74, 6) is 0.0234. The summed E-state index contributed by atoms with van der Waals surface area (Å²) in [6.07, 6.45) is -4.40. The molecule has 0 aliphatic heterocycles. The van der Waals surface area contributed by atoms with E-state index in [1.807, 2.05) is 0 Å². The Balaban J connectivity index is 1.40. The Labute approximate surface area is 227 Å². The second-order valence-electron chi connectivity index (χ2n) is 8.50. The summed E-state index contributed by atoms with van der Waals surface area (Å²) < 4.78 is 62.3. The lowest BCUT2D eigenvalue weighted by molar-refractivity contribution is -0.137. The second-order valence-corrected chi connectivity index (χ2v) is 11.6. The van der Waals surface area contributed by atoms with E-state index >= 15 is 0 Å². The molecule has 7 nitrogen and oxygen atoms in total. The van der Waals surface area contributed by atoms with Crippen molar-refractivity contribution in [2.45, 2.75) is 24.0 Å². The molecule has 0 spiro atoms. The van der Waals surface area contributed by atoms with Gasteiger partial charge in [-0.25, -0.2) is 13.4 Å². The summed E-state index contributed by atoms with van der Waals surface area (Å²) in [7, 11) is -3.36. The van der Waals surface area contributed by atoms with Gasteiger partial charge in [-0.3, -0.25) is 4.79 Å². The van der Waals surface area contributed by atoms with E-state index in [1.165, 1.54) is 35.6 Å². The molecule has 4 rings (SSSR count). The minimum absolute atomic E-state index is 0.0273. The Morgan fingerprint density at radius 2 is 1.64 bits per heavy atom. The number of thiazole rings is 1. The predicted molar refractivity (Wildman–Crippen MR) is 144 cm³/mol. The standard InChI is InChI=1S/C27H24F3N3O4S2/c1-2-39(36,37)22-13-7-17(8-14-22)23(15-34)32-25(35)18-3-5-19(6-4-18)26-33-24(16-38-26)31-21-11-9-20(10-12-21)27(28,29)30/h3-14,16,23,31,34H,2,15H2,1H3,(H,32,35). The number of rotatable bonds is 9. The molecule has 0 saturated carbocycles. The van der Waals surface area contributed by atoms with Crippen molar-refractivity contribution in [3.8, 4) is 10.6 Å². The van der Waals surface area contributed by atoms with Crippen molar-refractivity contribution in [1.29, 1.82) is 0 Å². The zero-order valence-electron chi connectivity index (χ0n) is 20.6. The lowest BCUT2D eigenvalue weighted by atomic mass is 10.1. The molecule has 1 amide bonds. The lowest BCUT2D eigenvalue weighted by Gasteiger charge is -2.17. The van der Waals surface area contributed by atoms with Crippen molar-refractivity contribution in [3.05, 3.63) is 94.9 Å². The molecule has 1 unspecified atom stereocenters. The fourth-order valence-corrected chi connectivity index (χ4v) is 5.31. The molecule has 3 N–H and O–H groups in total. The monoisotopic (exact) mass is 575 g/mol. The summed E-state index contributed by atoms with van der Waals surface area (Å²) in [6, 6.07) is 16.6. The van der Waals surface area contributed by atoms with Gasteiger partial charge in [0.25, 0.3) is 5.91 Å².